The van der Waals surface area contributed by atoms with Crippen molar-refractivity contribution in [3.63, 3.8) is 0 Å². The zero-order valence-electron chi connectivity index (χ0n) is 9.90. The third-order valence-corrected chi connectivity index (χ3v) is 2.40. The molecule has 0 aromatic rings. The van der Waals surface area contributed by atoms with Crippen LogP contribution in [0.4, 0.5) is 0 Å². The van der Waals surface area contributed by atoms with Gasteiger partial charge in [-0.2, -0.15) is 0 Å². The minimum atomic E-state index is -0.165. The fourth-order valence-corrected chi connectivity index (χ4v) is 1.16. The Morgan fingerprint density at radius 3 is 2.60 bits per heavy atom. The van der Waals surface area contributed by atoms with Crippen LogP contribution in [0.2, 0.25) is 0 Å². The molecule has 2 N–H and O–H groups in total. The van der Waals surface area contributed by atoms with Gasteiger partial charge in [-0.25, -0.2) is 0 Å². The van der Waals surface area contributed by atoms with Crippen LogP contribution in [0.3, 0.4) is 0 Å². The lowest BCUT2D eigenvalue weighted by molar-refractivity contribution is -0.135. The van der Waals surface area contributed by atoms with E-state index in [1.165, 1.54) is 0 Å². The second-order valence-electron chi connectivity index (χ2n) is 3.71. The fourth-order valence-electron chi connectivity index (χ4n) is 1.16. The first-order valence-corrected chi connectivity index (χ1v) is 5.18. The number of hydrogen-bond donors (Lipinski definition) is 1. The highest BCUT2D eigenvalue weighted by molar-refractivity contribution is 5.79. The number of nitrogens with zero attached hydrogens (tertiary/aromatic N) is 1. The largest absolute Gasteiger partial charge is 0.383 e. The van der Waals surface area contributed by atoms with Crippen molar-refractivity contribution in [3.05, 3.63) is 12.7 Å². The van der Waals surface area contributed by atoms with E-state index >= 15 is 0 Å². The highest BCUT2D eigenvalue weighted by Crippen LogP contribution is 2.06. The summed E-state index contributed by atoms with van der Waals surface area (Å²) in [5.41, 5.74) is 5.69. The SMILES string of the molecule is C=CCN(CCOC)C(=O)C(C)C(C)N. The second kappa shape index (κ2) is 7.43. The zero-order valence-corrected chi connectivity index (χ0v) is 9.90. The summed E-state index contributed by atoms with van der Waals surface area (Å²) in [6.45, 7) is 8.97. The van der Waals surface area contributed by atoms with Crippen molar-refractivity contribution < 1.29 is 9.53 Å². The van der Waals surface area contributed by atoms with Gasteiger partial charge < -0.3 is 15.4 Å². The van der Waals surface area contributed by atoms with Gasteiger partial charge in [-0.15, -0.1) is 6.58 Å². The molecule has 0 aromatic heterocycles. The number of ether oxygens (including phenoxy) is 1. The maximum Gasteiger partial charge on any atom is 0.227 e. The van der Waals surface area contributed by atoms with Gasteiger partial charge in [-0.1, -0.05) is 13.0 Å². The van der Waals surface area contributed by atoms with Gasteiger partial charge in [0.25, 0.3) is 0 Å². The Morgan fingerprint density at radius 2 is 2.20 bits per heavy atom. The number of rotatable bonds is 7. The number of hydrogen-bond acceptors (Lipinski definition) is 3. The normalized spacial score (nSPS) is 14.4. The Labute approximate surface area is 92.1 Å². The summed E-state index contributed by atoms with van der Waals surface area (Å²) in [6.07, 6.45) is 1.71. The molecule has 0 rings (SSSR count). The Morgan fingerprint density at radius 1 is 1.60 bits per heavy atom. The first kappa shape index (κ1) is 14.1. The van der Waals surface area contributed by atoms with Gasteiger partial charge >= 0.3 is 0 Å². The van der Waals surface area contributed by atoms with Crippen LogP contribution in [0.1, 0.15) is 13.8 Å². The Bertz CT molecular complexity index is 205. The molecule has 0 aromatic carbocycles. The minimum absolute atomic E-state index is 0.0574. The zero-order chi connectivity index (χ0) is 11.8. The van der Waals surface area contributed by atoms with Crippen LogP contribution in [0.5, 0.6) is 0 Å². The molecule has 4 nitrogen and oxygen atoms in total. The molecule has 0 spiro atoms. The van der Waals surface area contributed by atoms with Gasteiger partial charge in [-0.3, -0.25) is 4.79 Å². The van der Waals surface area contributed by atoms with Crippen LogP contribution in [0.15, 0.2) is 12.7 Å². The Balaban J connectivity index is 4.32. The highest BCUT2D eigenvalue weighted by atomic mass is 16.5. The molecule has 0 aliphatic rings. The molecule has 0 radical (unpaired) electrons. The lowest BCUT2D eigenvalue weighted by atomic mass is 10.0. The lowest BCUT2D eigenvalue weighted by Gasteiger charge is -2.26. The highest BCUT2D eigenvalue weighted by Gasteiger charge is 2.22. The minimum Gasteiger partial charge on any atom is -0.383 e. The Hall–Kier alpha value is -0.870. The molecule has 2 atom stereocenters. The van der Waals surface area contributed by atoms with Crippen molar-refractivity contribution in [3.8, 4) is 0 Å². The van der Waals surface area contributed by atoms with Gasteiger partial charge in [0.1, 0.15) is 0 Å². The predicted molar refractivity (Wildman–Crippen MR) is 61.5 cm³/mol. The summed E-state index contributed by atoms with van der Waals surface area (Å²) < 4.78 is 4.95. The van der Waals surface area contributed by atoms with Crippen LogP contribution in [-0.2, 0) is 9.53 Å². The van der Waals surface area contributed by atoms with E-state index in [4.69, 9.17) is 10.5 Å². The molecule has 15 heavy (non-hydrogen) atoms. The molecule has 4 heteroatoms. The number of nitrogens with two attached hydrogens (primary N) is 1. The summed E-state index contributed by atoms with van der Waals surface area (Å²) in [5, 5.41) is 0. The van der Waals surface area contributed by atoms with E-state index in [9.17, 15) is 4.79 Å². The molecule has 2 unspecified atom stereocenters. The van der Waals surface area contributed by atoms with Crippen LogP contribution >= 0.6 is 0 Å². The topological polar surface area (TPSA) is 55.6 Å². The predicted octanol–water partition coefficient (Wildman–Crippen LogP) is 0.631. The standard InChI is InChI=1S/C11H22N2O2/c1-5-6-13(7-8-15-4)11(14)9(2)10(3)12/h5,9-10H,1,6-8,12H2,2-4H3. The van der Waals surface area contributed by atoms with Crippen LogP contribution in [0, 0.1) is 5.92 Å². The maximum absolute atomic E-state index is 11.9. The smallest absolute Gasteiger partial charge is 0.227 e. The number of amides is 1. The fraction of sp³-hybridized carbons (Fsp3) is 0.727. The molecule has 0 saturated carbocycles. The van der Waals surface area contributed by atoms with E-state index in [2.05, 4.69) is 6.58 Å². The van der Waals surface area contributed by atoms with Crippen molar-refractivity contribution in [2.45, 2.75) is 19.9 Å². The molecule has 0 aliphatic heterocycles. The van der Waals surface area contributed by atoms with Crippen LogP contribution < -0.4 is 5.73 Å². The van der Waals surface area contributed by atoms with Gasteiger partial charge in [0.15, 0.2) is 0 Å². The van der Waals surface area contributed by atoms with Crippen molar-refractivity contribution in [1.82, 2.24) is 4.90 Å². The average molecular weight is 214 g/mol. The first-order valence-electron chi connectivity index (χ1n) is 5.18. The number of methoxy groups -OCH3 is 1. The van der Waals surface area contributed by atoms with E-state index in [0.717, 1.165) is 0 Å². The van der Waals surface area contributed by atoms with Gasteiger partial charge in [0.2, 0.25) is 5.91 Å². The van der Waals surface area contributed by atoms with Gasteiger partial charge in [-0.05, 0) is 6.92 Å². The van der Waals surface area contributed by atoms with E-state index in [-0.39, 0.29) is 17.9 Å². The molecule has 0 aliphatic carbocycles. The Kier molecular flexibility index (Phi) is 6.99. The van der Waals surface area contributed by atoms with Crippen molar-refractivity contribution in [1.29, 1.82) is 0 Å². The summed E-state index contributed by atoms with van der Waals surface area (Å²) in [6, 6.07) is -0.132. The van der Waals surface area contributed by atoms with E-state index in [1.807, 2.05) is 13.8 Å². The third kappa shape index (κ3) is 4.95. The average Bonchev–Trinajstić information content (AvgIpc) is 2.22. The molecule has 0 fully saturated rings. The maximum atomic E-state index is 11.9. The summed E-state index contributed by atoms with van der Waals surface area (Å²) >= 11 is 0. The molecular formula is C11H22N2O2. The van der Waals surface area contributed by atoms with Crippen LogP contribution in [-0.4, -0.2) is 43.7 Å². The van der Waals surface area contributed by atoms with Crippen molar-refractivity contribution in [2.75, 3.05) is 26.8 Å². The van der Waals surface area contributed by atoms with E-state index < -0.39 is 0 Å². The van der Waals surface area contributed by atoms with Gasteiger partial charge in [0, 0.05) is 26.2 Å². The number of carbonyl (C=O) groups is 1. The summed E-state index contributed by atoms with van der Waals surface area (Å²) in [7, 11) is 1.62. The third-order valence-electron chi connectivity index (χ3n) is 2.40. The van der Waals surface area contributed by atoms with Crippen LogP contribution in [0.25, 0.3) is 0 Å². The molecule has 88 valence electrons. The number of carbonyl (C=O) groups excluding carboxylic acids is 1. The molecular weight excluding hydrogens is 192 g/mol. The first-order chi connectivity index (χ1) is 7.04. The quantitative estimate of drug-likeness (QED) is 0.632. The molecule has 1 amide bonds. The monoisotopic (exact) mass is 214 g/mol. The molecule has 0 bridgehead atoms. The van der Waals surface area contributed by atoms with Gasteiger partial charge in [0.05, 0.1) is 12.5 Å². The van der Waals surface area contributed by atoms with E-state index in [1.54, 1.807) is 18.1 Å². The second-order valence-corrected chi connectivity index (χ2v) is 3.71. The van der Waals surface area contributed by atoms with Crippen molar-refractivity contribution >= 4 is 5.91 Å². The summed E-state index contributed by atoms with van der Waals surface area (Å²) in [5.74, 6) is -0.108. The van der Waals surface area contributed by atoms with Crippen molar-refractivity contribution in [2.24, 2.45) is 11.7 Å². The summed E-state index contributed by atoms with van der Waals surface area (Å²) in [4.78, 5) is 13.6. The molecule has 0 heterocycles. The molecule has 0 saturated heterocycles. The lowest BCUT2D eigenvalue weighted by Crippen LogP contribution is -2.43. The van der Waals surface area contributed by atoms with E-state index in [0.29, 0.717) is 19.7 Å².